The molecule has 0 bridgehead atoms. The van der Waals surface area contributed by atoms with Crippen LogP contribution in [0.2, 0.25) is 0 Å². The molecule has 0 amide bonds. The van der Waals surface area contributed by atoms with Crippen LogP contribution in [-0.4, -0.2) is 53.9 Å². The molecule has 0 aromatic heterocycles. The van der Waals surface area contributed by atoms with Crippen molar-refractivity contribution < 1.29 is 9.84 Å². The number of piperidine rings is 2. The molecule has 0 aliphatic carbocycles. The van der Waals surface area contributed by atoms with Gasteiger partial charge in [-0.2, -0.15) is 0 Å². The lowest BCUT2D eigenvalue weighted by Gasteiger charge is -2.36. The van der Waals surface area contributed by atoms with Gasteiger partial charge in [0.1, 0.15) is 11.5 Å². The fourth-order valence-electron chi connectivity index (χ4n) is 6.16. The van der Waals surface area contributed by atoms with Crippen LogP contribution in [-0.2, 0) is 0 Å². The van der Waals surface area contributed by atoms with E-state index in [2.05, 4.69) is 71.3 Å². The largest absolute Gasteiger partial charge is 0.508 e. The summed E-state index contributed by atoms with van der Waals surface area (Å²) >= 11 is 0. The number of phenolic OH excluding ortho intramolecular Hbond substituents is 1. The van der Waals surface area contributed by atoms with E-state index in [0.29, 0.717) is 0 Å². The Hall–Kier alpha value is -3.08. The first-order valence-corrected chi connectivity index (χ1v) is 15.0. The Morgan fingerprint density at radius 3 is 1.92 bits per heavy atom. The van der Waals surface area contributed by atoms with Crippen LogP contribution in [0.25, 0.3) is 11.1 Å². The number of nitrogens with zero attached hydrogens (tertiary/aromatic N) is 2. The van der Waals surface area contributed by atoms with E-state index in [1.54, 1.807) is 12.1 Å². The molecule has 2 fully saturated rings. The molecule has 1 unspecified atom stereocenters. The van der Waals surface area contributed by atoms with E-state index in [-0.39, 0.29) is 12.0 Å². The third kappa shape index (κ3) is 7.32. The second-order valence-electron chi connectivity index (χ2n) is 11.0. The predicted octanol–water partition coefficient (Wildman–Crippen LogP) is 7.83. The van der Waals surface area contributed by atoms with Crippen LogP contribution in [0.15, 0.2) is 78.9 Å². The predicted molar refractivity (Wildman–Crippen MR) is 162 cm³/mol. The van der Waals surface area contributed by atoms with Crippen molar-refractivity contribution in [3.63, 3.8) is 0 Å². The average molecular weight is 525 g/mol. The fraction of sp³-hybridized carbons (Fsp3) is 0.429. The van der Waals surface area contributed by atoms with Crippen LogP contribution in [0, 0.1) is 0 Å². The number of likely N-dealkylation sites (tertiary alicyclic amines) is 2. The molecule has 4 nitrogen and oxygen atoms in total. The zero-order valence-corrected chi connectivity index (χ0v) is 23.5. The smallest absolute Gasteiger partial charge is 0.153 e. The zero-order valence-electron chi connectivity index (χ0n) is 23.5. The lowest BCUT2D eigenvalue weighted by atomic mass is 9.88. The molecular formula is C35H44N2O2. The van der Waals surface area contributed by atoms with Gasteiger partial charge in [0.15, 0.2) is 6.23 Å². The molecular weight excluding hydrogens is 480 g/mol. The van der Waals surface area contributed by atoms with Gasteiger partial charge in [-0.3, -0.25) is 4.90 Å². The zero-order chi connectivity index (χ0) is 26.9. The van der Waals surface area contributed by atoms with Crippen molar-refractivity contribution in [3.05, 3.63) is 95.6 Å². The molecule has 206 valence electrons. The molecule has 1 atom stereocenters. The number of benzene rings is 3. The summed E-state index contributed by atoms with van der Waals surface area (Å²) in [6.45, 7) is 8.06. The number of rotatable bonds is 10. The number of aromatic hydroxyl groups is 1. The van der Waals surface area contributed by atoms with E-state index >= 15 is 0 Å². The number of hydrogen-bond acceptors (Lipinski definition) is 4. The summed E-state index contributed by atoms with van der Waals surface area (Å²) in [6.07, 6.45) is 9.98. The molecule has 2 aliphatic rings. The third-order valence-electron chi connectivity index (χ3n) is 8.29. The molecule has 39 heavy (non-hydrogen) atoms. The molecule has 0 radical (unpaired) electrons. The first-order valence-electron chi connectivity index (χ1n) is 15.0. The quantitative estimate of drug-likeness (QED) is 0.274. The Morgan fingerprint density at radius 2 is 1.31 bits per heavy atom. The number of hydrogen-bond donors (Lipinski definition) is 1. The maximum Gasteiger partial charge on any atom is 0.153 e. The van der Waals surface area contributed by atoms with Gasteiger partial charge < -0.3 is 14.7 Å². The van der Waals surface area contributed by atoms with Gasteiger partial charge in [-0.25, -0.2) is 0 Å². The minimum atomic E-state index is 0.126. The summed E-state index contributed by atoms with van der Waals surface area (Å²) in [4.78, 5) is 5.19. The van der Waals surface area contributed by atoms with Crippen molar-refractivity contribution in [2.45, 2.75) is 64.5 Å². The normalized spacial score (nSPS) is 18.4. The molecule has 0 saturated carbocycles. The van der Waals surface area contributed by atoms with Gasteiger partial charge in [-0.15, -0.1) is 0 Å². The lowest BCUT2D eigenvalue weighted by Crippen LogP contribution is -2.45. The number of allylic oxidation sites excluding steroid dienone is 1. The highest BCUT2D eigenvalue weighted by Gasteiger charge is 2.24. The summed E-state index contributed by atoms with van der Waals surface area (Å²) in [5.41, 5.74) is 5.99. The third-order valence-corrected chi connectivity index (χ3v) is 8.29. The van der Waals surface area contributed by atoms with E-state index in [9.17, 15) is 5.11 Å². The van der Waals surface area contributed by atoms with Crippen molar-refractivity contribution in [2.24, 2.45) is 0 Å². The first-order chi connectivity index (χ1) is 19.2. The van der Waals surface area contributed by atoms with Crippen molar-refractivity contribution in [1.29, 1.82) is 0 Å². The van der Waals surface area contributed by atoms with E-state index in [4.69, 9.17) is 4.74 Å². The van der Waals surface area contributed by atoms with Gasteiger partial charge in [-0.1, -0.05) is 74.4 Å². The minimum Gasteiger partial charge on any atom is -0.508 e. The molecule has 2 aliphatic heterocycles. The van der Waals surface area contributed by atoms with Gasteiger partial charge in [0.25, 0.3) is 0 Å². The van der Waals surface area contributed by atoms with Gasteiger partial charge in [0, 0.05) is 26.1 Å². The van der Waals surface area contributed by atoms with E-state index < -0.39 is 0 Å². The Balaban J connectivity index is 1.40. The maximum atomic E-state index is 9.94. The molecule has 3 aromatic carbocycles. The molecule has 5 rings (SSSR count). The molecule has 3 aromatic rings. The van der Waals surface area contributed by atoms with Gasteiger partial charge >= 0.3 is 0 Å². The monoisotopic (exact) mass is 524 g/mol. The first kappa shape index (κ1) is 27.5. The summed E-state index contributed by atoms with van der Waals surface area (Å²) in [5, 5.41) is 9.94. The molecule has 2 saturated heterocycles. The molecule has 0 spiro atoms. The van der Waals surface area contributed by atoms with Gasteiger partial charge in [-0.05, 0) is 97.3 Å². The van der Waals surface area contributed by atoms with Crippen LogP contribution >= 0.6 is 0 Å². The molecule has 4 heteroatoms. The van der Waals surface area contributed by atoms with Gasteiger partial charge in [0.2, 0.25) is 0 Å². The maximum absolute atomic E-state index is 9.94. The SMILES string of the molecule is CCC(=C(c1ccc(O)cc1)c1ccc(OC(CCN2CCCCC2)N2CCCCC2)cc1)c1ccccc1. The Bertz CT molecular complexity index is 1180. The van der Waals surface area contributed by atoms with Crippen LogP contribution in [0.3, 0.4) is 0 Å². The summed E-state index contributed by atoms with van der Waals surface area (Å²) in [7, 11) is 0. The van der Waals surface area contributed by atoms with Crippen LogP contribution in [0.4, 0.5) is 0 Å². The average Bonchev–Trinajstić information content (AvgIpc) is 3.00. The van der Waals surface area contributed by atoms with Crippen LogP contribution < -0.4 is 4.74 Å². The van der Waals surface area contributed by atoms with Crippen LogP contribution in [0.1, 0.15) is 75.0 Å². The number of phenols is 1. The molecule has 1 N–H and O–H groups in total. The summed E-state index contributed by atoms with van der Waals surface area (Å²) in [6, 6.07) is 26.9. The fourth-order valence-corrected chi connectivity index (χ4v) is 6.16. The molecule has 2 heterocycles. The second-order valence-corrected chi connectivity index (χ2v) is 11.0. The highest BCUT2D eigenvalue weighted by atomic mass is 16.5. The van der Waals surface area contributed by atoms with Crippen molar-refractivity contribution >= 4 is 11.1 Å². The van der Waals surface area contributed by atoms with Crippen molar-refractivity contribution in [2.75, 3.05) is 32.7 Å². The lowest BCUT2D eigenvalue weighted by molar-refractivity contribution is -0.000962. The Morgan fingerprint density at radius 1 is 0.718 bits per heavy atom. The van der Waals surface area contributed by atoms with Crippen molar-refractivity contribution in [1.82, 2.24) is 9.80 Å². The highest BCUT2D eigenvalue weighted by Crippen LogP contribution is 2.36. The Kier molecular flexibility index (Phi) is 9.74. The topological polar surface area (TPSA) is 35.9 Å². The standard InChI is InChI=1S/C35H44N2O2/c1-2-33(28-12-6-3-7-13-28)35(29-14-18-31(38)19-15-29)30-16-20-32(21-17-30)39-34(37-25-10-5-11-26-37)22-27-36-23-8-4-9-24-36/h3,6-7,12-21,34,38H,2,4-5,8-11,22-27H2,1H3. The summed E-state index contributed by atoms with van der Waals surface area (Å²) < 4.78 is 6.72. The highest BCUT2D eigenvalue weighted by molar-refractivity contribution is 5.98. The van der Waals surface area contributed by atoms with Gasteiger partial charge in [0.05, 0.1) is 0 Å². The number of ether oxygens (including phenoxy) is 1. The van der Waals surface area contributed by atoms with Crippen molar-refractivity contribution in [3.8, 4) is 11.5 Å². The second kappa shape index (κ2) is 13.8. The minimum absolute atomic E-state index is 0.126. The van der Waals surface area contributed by atoms with E-state index in [0.717, 1.165) is 49.4 Å². The summed E-state index contributed by atoms with van der Waals surface area (Å²) in [5.74, 6) is 1.23. The van der Waals surface area contributed by atoms with E-state index in [1.165, 1.54) is 68.3 Å². The van der Waals surface area contributed by atoms with E-state index in [1.807, 2.05) is 12.1 Å². The Labute approximate surface area is 234 Å². The van der Waals surface area contributed by atoms with Crippen LogP contribution in [0.5, 0.6) is 11.5 Å².